The normalized spacial score (nSPS) is 13.5. The van der Waals surface area contributed by atoms with E-state index >= 15 is 0 Å². The number of hydrogen-bond donors (Lipinski definition) is 2. The van der Waals surface area contributed by atoms with Crippen molar-refractivity contribution in [3.63, 3.8) is 0 Å². The maximum atomic E-state index is 12.1. The van der Waals surface area contributed by atoms with Crippen LogP contribution in [0.2, 0.25) is 0 Å². The first-order valence-electron chi connectivity index (χ1n) is 6.95. The predicted octanol–water partition coefficient (Wildman–Crippen LogP) is 2.33. The molecule has 0 bridgehead atoms. The van der Waals surface area contributed by atoms with Gasteiger partial charge < -0.3 is 5.32 Å². The van der Waals surface area contributed by atoms with Gasteiger partial charge in [-0.1, -0.05) is 48.5 Å². The van der Waals surface area contributed by atoms with E-state index in [1.165, 1.54) is 11.1 Å². The standard InChI is InChI=1S/C16H18N2O2S.ClH/c19-21(20,12-13-4-2-1-3-5-13)18-9-14-6-7-15-10-17-11-16(15)8-14;/h1-8,17-18H,9-12H2;1H. The maximum absolute atomic E-state index is 12.1. The van der Waals surface area contributed by atoms with Gasteiger partial charge in [0.1, 0.15) is 0 Å². The third-order valence-corrected chi connectivity index (χ3v) is 4.89. The Balaban J connectivity index is 0.00000176. The van der Waals surface area contributed by atoms with Crippen LogP contribution < -0.4 is 10.0 Å². The molecule has 0 spiro atoms. The van der Waals surface area contributed by atoms with Crippen LogP contribution in [-0.4, -0.2) is 8.42 Å². The van der Waals surface area contributed by atoms with Crippen molar-refractivity contribution in [3.8, 4) is 0 Å². The zero-order valence-corrected chi connectivity index (χ0v) is 13.7. The van der Waals surface area contributed by atoms with Crippen molar-refractivity contribution < 1.29 is 8.42 Å². The van der Waals surface area contributed by atoms with Crippen molar-refractivity contribution >= 4 is 22.4 Å². The molecule has 118 valence electrons. The molecular weight excluding hydrogens is 320 g/mol. The van der Waals surface area contributed by atoms with Crippen molar-refractivity contribution in [2.24, 2.45) is 0 Å². The minimum Gasteiger partial charge on any atom is -0.309 e. The molecule has 2 aromatic rings. The van der Waals surface area contributed by atoms with E-state index < -0.39 is 10.0 Å². The van der Waals surface area contributed by atoms with Crippen LogP contribution in [0.3, 0.4) is 0 Å². The highest BCUT2D eigenvalue weighted by molar-refractivity contribution is 7.88. The molecule has 0 amide bonds. The van der Waals surface area contributed by atoms with Crippen molar-refractivity contribution in [3.05, 3.63) is 70.8 Å². The van der Waals surface area contributed by atoms with Crippen LogP contribution in [0, 0.1) is 0 Å². The smallest absolute Gasteiger partial charge is 0.216 e. The van der Waals surface area contributed by atoms with E-state index in [4.69, 9.17) is 0 Å². The van der Waals surface area contributed by atoms with Crippen LogP contribution in [0.4, 0.5) is 0 Å². The summed E-state index contributed by atoms with van der Waals surface area (Å²) in [6.45, 7) is 2.09. The topological polar surface area (TPSA) is 58.2 Å². The van der Waals surface area contributed by atoms with Crippen LogP contribution in [0.1, 0.15) is 22.3 Å². The Hall–Kier alpha value is -1.40. The summed E-state index contributed by atoms with van der Waals surface area (Å²) in [6, 6.07) is 15.3. The Labute approximate surface area is 137 Å². The molecule has 0 radical (unpaired) electrons. The lowest BCUT2D eigenvalue weighted by Gasteiger charge is -2.08. The van der Waals surface area contributed by atoms with Gasteiger partial charge in [0.25, 0.3) is 0 Å². The first-order valence-corrected chi connectivity index (χ1v) is 8.60. The highest BCUT2D eigenvalue weighted by atomic mass is 35.5. The predicted molar refractivity (Wildman–Crippen MR) is 90.1 cm³/mol. The average molecular weight is 339 g/mol. The molecule has 0 atom stereocenters. The summed E-state index contributed by atoms with van der Waals surface area (Å²) < 4.78 is 26.8. The molecule has 0 unspecified atom stereocenters. The number of benzene rings is 2. The summed E-state index contributed by atoms with van der Waals surface area (Å²) in [5, 5.41) is 3.28. The molecule has 6 heteroatoms. The summed E-state index contributed by atoms with van der Waals surface area (Å²) in [6.07, 6.45) is 0. The van der Waals surface area contributed by atoms with E-state index in [0.717, 1.165) is 24.2 Å². The van der Waals surface area contributed by atoms with E-state index in [2.05, 4.69) is 22.2 Å². The molecular formula is C16H19ClN2O2S. The first kappa shape index (κ1) is 17.0. The molecule has 0 aliphatic carbocycles. The molecule has 1 heterocycles. The van der Waals surface area contributed by atoms with Crippen LogP contribution in [0.5, 0.6) is 0 Å². The SMILES string of the molecule is Cl.O=S(=O)(Cc1ccccc1)NCc1ccc2c(c1)CNC2. The van der Waals surface area contributed by atoms with Crippen molar-refractivity contribution in [1.82, 2.24) is 10.0 Å². The summed E-state index contributed by atoms with van der Waals surface area (Å²) >= 11 is 0. The third-order valence-electron chi connectivity index (χ3n) is 3.60. The fourth-order valence-corrected chi connectivity index (χ4v) is 3.62. The lowest BCUT2D eigenvalue weighted by Crippen LogP contribution is -2.24. The number of fused-ring (bicyclic) bond motifs is 1. The van der Waals surface area contributed by atoms with Gasteiger partial charge in [0.15, 0.2) is 0 Å². The van der Waals surface area contributed by atoms with Gasteiger partial charge in [0.05, 0.1) is 5.75 Å². The summed E-state index contributed by atoms with van der Waals surface area (Å²) in [4.78, 5) is 0. The zero-order chi connectivity index (χ0) is 14.7. The maximum Gasteiger partial charge on any atom is 0.216 e. The van der Waals surface area contributed by atoms with Gasteiger partial charge in [-0.05, 0) is 22.3 Å². The van der Waals surface area contributed by atoms with Crippen molar-refractivity contribution in [2.75, 3.05) is 0 Å². The van der Waals surface area contributed by atoms with E-state index in [-0.39, 0.29) is 18.2 Å². The Morgan fingerprint density at radius 1 is 0.955 bits per heavy atom. The van der Waals surface area contributed by atoms with Crippen LogP contribution in [0.15, 0.2) is 48.5 Å². The number of nitrogens with one attached hydrogen (secondary N) is 2. The van der Waals surface area contributed by atoms with Gasteiger partial charge in [0.2, 0.25) is 10.0 Å². The summed E-state index contributed by atoms with van der Waals surface area (Å²) in [5.74, 6) is 0.0142. The van der Waals surface area contributed by atoms with E-state index in [1.807, 2.05) is 36.4 Å². The molecule has 3 rings (SSSR count). The molecule has 2 aromatic carbocycles. The average Bonchev–Trinajstić information content (AvgIpc) is 2.93. The minimum atomic E-state index is -3.31. The monoisotopic (exact) mass is 338 g/mol. The number of rotatable bonds is 5. The molecule has 2 N–H and O–H groups in total. The fraction of sp³-hybridized carbons (Fsp3) is 0.250. The van der Waals surface area contributed by atoms with Gasteiger partial charge in [0, 0.05) is 19.6 Å². The molecule has 1 aliphatic rings. The van der Waals surface area contributed by atoms with Gasteiger partial charge in [-0.2, -0.15) is 0 Å². The molecule has 4 nitrogen and oxygen atoms in total. The quantitative estimate of drug-likeness (QED) is 0.879. The Morgan fingerprint density at radius 3 is 2.45 bits per heavy atom. The van der Waals surface area contributed by atoms with E-state index in [1.54, 1.807) is 0 Å². The van der Waals surface area contributed by atoms with Crippen LogP contribution >= 0.6 is 12.4 Å². The molecule has 1 aliphatic heterocycles. The number of halogens is 1. The zero-order valence-electron chi connectivity index (χ0n) is 12.1. The van der Waals surface area contributed by atoms with Gasteiger partial charge in [-0.3, -0.25) is 0 Å². The molecule has 0 saturated heterocycles. The highest BCUT2D eigenvalue weighted by Crippen LogP contribution is 2.17. The molecule has 22 heavy (non-hydrogen) atoms. The van der Waals surface area contributed by atoms with E-state index in [0.29, 0.717) is 6.54 Å². The number of hydrogen-bond acceptors (Lipinski definition) is 3. The largest absolute Gasteiger partial charge is 0.309 e. The van der Waals surface area contributed by atoms with Crippen LogP contribution in [0.25, 0.3) is 0 Å². The van der Waals surface area contributed by atoms with E-state index in [9.17, 15) is 8.42 Å². The Morgan fingerprint density at radius 2 is 1.68 bits per heavy atom. The summed E-state index contributed by atoms with van der Waals surface area (Å²) in [7, 11) is -3.31. The first-order chi connectivity index (χ1) is 10.1. The second-order valence-corrected chi connectivity index (χ2v) is 7.08. The van der Waals surface area contributed by atoms with Crippen molar-refractivity contribution in [1.29, 1.82) is 0 Å². The lowest BCUT2D eigenvalue weighted by molar-refractivity contribution is 0.580. The van der Waals surface area contributed by atoms with Gasteiger partial charge >= 0.3 is 0 Å². The summed E-state index contributed by atoms with van der Waals surface area (Å²) in [5.41, 5.74) is 4.35. The molecule has 0 saturated carbocycles. The van der Waals surface area contributed by atoms with Crippen LogP contribution in [-0.2, 0) is 35.4 Å². The Bertz CT molecular complexity index is 733. The van der Waals surface area contributed by atoms with Gasteiger partial charge in [-0.25, -0.2) is 13.1 Å². The van der Waals surface area contributed by atoms with Gasteiger partial charge in [-0.15, -0.1) is 12.4 Å². The third kappa shape index (κ3) is 4.30. The minimum absolute atomic E-state index is 0. The molecule has 0 fully saturated rings. The fourth-order valence-electron chi connectivity index (χ4n) is 2.50. The second kappa shape index (κ2) is 7.24. The van der Waals surface area contributed by atoms with Crippen molar-refractivity contribution in [2.45, 2.75) is 25.4 Å². The number of sulfonamides is 1. The lowest BCUT2D eigenvalue weighted by atomic mass is 10.1. The Kier molecular flexibility index (Phi) is 5.58. The second-order valence-electron chi connectivity index (χ2n) is 5.27. The highest BCUT2D eigenvalue weighted by Gasteiger charge is 2.13. The molecule has 0 aromatic heterocycles.